The van der Waals surface area contributed by atoms with Gasteiger partial charge in [0, 0.05) is 29.3 Å². The van der Waals surface area contributed by atoms with E-state index in [0.717, 1.165) is 23.1 Å². The maximum Gasteiger partial charge on any atom is 0.408 e. The summed E-state index contributed by atoms with van der Waals surface area (Å²) in [5.41, 5.74) is 0.642. The van der Waals surface area contributed by atoms with Gasteiger partial charge < -0.3 is 10.0 Å². The first-order valence-corrected chi connectivity index (χ1v) is 7.46. The number of rotatable bonds is 2. The van der Waals surface area contributed by atoms with Crippen molar-refractivity contribution in [3.05, 3.63) is 22.9 Å². The lowest BCUT2D eigenvalue weighted by molar-refractivity contribution is 0.0763. The highest BCUT2D eigenvalue weighted by Gasteiger charge is 2.37. The van der Waals surface area contributed by atoms with Gasteiger partial charge in [-0.15, -0.1) is 0 Å². The summed E-state index contributed by atoms with van der Waals surface area (Å²) in [6, 6.07) is 2.03. The topological polar surface area (TPSA) is 56.7 Å². The fraction of sp³-hybridized carbons (Fsp3) is 0.571. The van der Waals surface area contributed by atoms with E-state index >= 15 is 0 Å². The molecule has 5 nitrogen and oxygen atoms in total. The molecule has 2 rings (SSSR count). The minimum atomic E-state index is -0.850. The molecule has 20 heavy (non-hydrogen) atoms. The molecule has 0 unspecified atom stereocenters. The summed E-state index contributed by atoms with van der Waals surface area (Å²) in [4.78, 5) is 19.4. The summed E-state index contributed by atoms with van der Waals surface area (Å²) in [5, 5.41) is 9.46. The normalized spacial score (nSPS) is 19.2. The SMILES string of the molecule is CC(C)(C)N(C(=O)O)[C@@H]1CCN(c2cncc(Br)c2)C1. The van der Waals surface area contributed by atoms with E-state index in [2.05, 4.69) is 25.8 Å². The average Bonchev–Trinajstić information content (AvgIpc) is 2.75. The summed E-state index contributed by atoms with van der Waals surface area (Å²) in [7, 11) is 0. The molecule has 0 aliphatic carbocycles. The number of hydrogen-bond donors (Lipinski definition) is 1. The standard InChI is InChI=1S/C14H20BrN3O2/c1-14(2,3)18(13(19)20)11-4-5-17(9-11)12-6-10(15)7-16-8-12/h6-8,11H,4-5,9H2,1-3H3,(H,19,20)/t11-/m1/s1. The van der Waals surface area contributed by atoms with Crippen LogP contribution in [0.4, 0.5) is 10.5 Å². The lowest BCUT2D eigenvalue weighted by atomic mass is 10.0. The van der Waals surface area contributed by atoms with Crippen LogP contribution in [0.15, 0.2) is 22.9 Å². The number of amides is 1. The Morgan fingerprint density at radius 1 is 1.50 bits per heavy atom. The summed E-state index contributed by atoms with van der Waals surface area (Å²) in [6.07, 6.45) is 3.55. The number of hydrogen-bond acceptors (Lipinski definition) is 3. The van der Waals surface area contributed by atoms with Crippen molar-refractivity contribution in [2.75, 3.05) is 18.0 Å². The molecule has 1 aromatic rings. The van der Waals surface area contributed by atoms with Gasteiger partial charge in [-0.25, -0.2) is 4.79 Å². The number of carboxylic acid groups (broad SMARTS) is 1. The lowest BCUT2D eigenvalue weighted by Crippen LogP contribution is -2.52. The van der Waals surface area contributed by atoms with Crippen LogP contribution < -0.4 is 4.90 Å². The van der Waals surface area contributed by atoms with Crippen molar-refractivity contribution >= 4 is 27.7 Å². The smallest absolute Gasteiger partial charge is 0.408 e. The van der Waals surface area contributed by atoms with Crippen LogP contribution in [0.1, 0.15) is 27.2 Å². The van der Waals surface area contributed by atoms with Crippen LogP contribution in [-0.4, -0.2) is 45.8 Å². The molecule has 0 bridgehead atoms. The van der Waals surface area contributed by atoms with Crippen LogP contribution >= 0.6 is 15.9 Å². The molecule has 110 valence electrons. The van der Waals surface area contributed by atoms with Gasteiger partial charge in [0.25, 0.3) is 0 Å². The molecule has 1 saturated heterocycles. The zero-order valence-electron chi connectivity index (χ0n) is 12.0. The molecule has 1 aromatic heterocycles. The molecule has 0 aromatic carbocycles. The Bertz CT molecular complexity index is 501. The number of pyridine rings is 1. The number of carbonyl (C=O) groups is 1. The van der Waals surface area contributed by atoms with Crippen LogP contribution in [-0.2, 0) is 0 Å². The van der Waals surface area contributed by atoms with Gasteiger partial charge in [-0.3, -0.25) is 9.88 Å². The molecule has 0 spiro atoms. The Morgan fingerprint density at radius 3 is 2.75 bits per heavy atom. The molecule has 1 aliphatic heterocycles. The van der Waals surface area contributed by atoms with Crippen molar-refractivity contribution in [1.29, 1.82) is 0 Å². The van der Waals surface area contributed by atoms with Crippen molar-refractivity contribution in [3.8, 4) is 0 Å². The van der Waals surface area contributed by atoms with Gasteiger partial charge in [-0.2, -0.15) is 0 Å². The van der Waals surface area contributed by atoms with Gasteiger partial charge >= 0.3 is 6.09 Å². The molecule has 1 fully saturated rings. The van der Waals surface area contributed by atoms with Crippen molar-refractivity contribution in [2.24, 2.45) is 0 Å². The van der Waals surface area contributed by atoms with Crippen molar-refractivity contribution in [1.82, 2.24) is 9.88 Å². The van der Waals surface area contributed by atoms with Crippen LogP contribution in [0.3, 0.4) is 0 Å². The molecule has 1 amide bonds. The first-order chi connectivity index (χ1) is 9.29. The molecular formula is C14H20BrN3O2. The maximum atomic E-state index is 11.5. The Kier molecular flexibility index (Phi) is 4.22. The second-order valence-corrected chi connectivity index (χ2v) is 6.99. The third-order valence-corrected chi connectivity index (χ3v) is 3.95. The molecule has 0 radical (unpaired) electrons. The predicted octanol–water partition coefficient (Wildman–Crippen LogP) is 3.20. The van der Waals surface area contributed by atoms with E-state index in [9.17, 15) is 9.90 Å². The second-order valence-electron chi connectivity index (χ2n) is 6.07. The molecule has 2 heterocycles. The first-order valence-electron chi connectivity index (χ1n) is 6.67. The third kappa shape index (κ3) is 3.23. The molecule has 6 heteroatoms. The fourth-order valence-corrected chi connectivity index (χ4v) is 3.10. The number of anilines is 1. The van der Waals surface area contributed by atoms with E-state index in [1.54, 1.807) is 11.1 Å². The lowest BCUT2D eigenvalue weighted by Gasteiger charge is -2.38. The maximum absolute atomic E-state index is 11.5. The van der Waals surface area contributed by atoms with E-state index in [-0.39, 0.29) is 11.6 Å². The van der Waals surface area contributed by atoms with E-state index in [1.165, 1.54) is 0 Å². The third-order valence-electron chi connectivity index (χ3n) is 3.51. The minimum absolute atomic E-state index is 0.0199. The summed E-state index contributed by atoms with van der Waals surface area (Å²) in [6.45, 7) is 7.36. The van der Waals surface area contributed by atoms with Gasteiger partial charge in [-0.1, -0.05) is 0 Å². The van der Waals surface area contributed by atoms with Gasteiger partial charge in [-0.05, 0) is 49.2 Å². The number of halogens is 1. The van der Waals surface area contributed by atoms with Gasteiger partial charge in [0.2, 0.25) is 0 Å². The van der Waals surface area contributed by atoms with E-state index in [4.69, 9.17) is 0 Å². The first kappa shape index (κ1) is 15.1. The quantitative estimate of drug-likeness (QED) is 0.897. The molecular weight excluding hydrogens is 322 g/mol. The Hall–Kier alpha value is -1.30. The predicted molar refractivity (Wildman–Crippen MR) is 82.2 cm³/mol. The highest BCUT2D eigenvalue weighted by Crippen LogP contribution is 2.28. The second kappa shape index (κ2) is 5.60. The molecule has 1 N–H and O–H groups in total. The summed E-state index contributed by atoms with van der Waals surface area (Å²) in [5.74, 6) is 0. The Balaban J connectivity index is 2.14. The van der Waals surface area contributed by atoms with E-state index in [1.807, 2.05) is 33.0 Å². The van der Waals surface area contributed by atoms with E-state index in [0.29, 0.717) is 6.54 Å². The van der Waals surface area contributed by atoms with Crippen LogP contribution in [0, 0.1) is 0 Å². The summed E-state index contributed by atoms with van der Waals surface area (Å²) >= 11 is 3.41. The van der Waals surface area contributed by atoms with Gasteiger partial charge in [0.1, 0.15) is 0 Å². The monoisotopic (exact) mass is 341 g/mol. The van der Waals surface area contributed by atoms with Gasteiger partial charge in [0.05, 0.1) is 17.9 Å². The van der Waals surface area contributed by atoms with Gasteiger partial charge in [0.15, 0.2) is 0 Å². The highest BCUT2D eigenvalue weighted by atomic mass is 79.9. The Morgan fingerprint density at radius 2 is 2.20 bits per heavy atom. The molecule has 1 aliphatic rings. The van der Waals surface area contributed by atoms with Crippen LogP contribution in [0.25, 0.3) is 0 Å². The Labute approximate surface area is 127 Å². The fourth-order valence-electron chi connectivity index (χ4n) is 2.75. The minimum Gasteiger partial charge on any atom is -0.465 e. The summed E-state index contributed by atoms with van der Waals surface area (Å²) < 4.78 is 0.935. The van der Waals surface area contributed by atoms with Crippen molar-refractivity contribution in [2.45, 2.75) is 38.8 Å². The average molecular weight is 342 g/mol. The zero-order chi connectivity index (χ0) is 14.9. The zero-order valence-corrected chi connectivity index (χ0v) is 13.6. The highest BCUT2D eigenvalue weighted by molar-refractivity contribution is 9.10. The largest absolute Gasteiger partial charge is 0.465 e. The number of nitrogens with zero attached hydrogens (tertiary/aromatic N) is 3. The molecule has 0 saturated carbocycles. The van der Waals surface area contributed by atoms with Crippen LogP contribution in [0.5, 0.6) is 0 Å². The van der Waals surface area contributed by atoms with Crippen molar-refractivity contribution in [3.63, 3.8) is 0 Å². The number of aromatic nitrogens is 1. The van der Waals surface area contributed by atoms with E-state index < -0.39 is 6.09 Å². The van der Waals surface area contributed by atoms with Crippen molar-refractivity contribution < 1.29 is 9.90 Å². The molecule has 1 atom stereocenters. The van der Waals surface area contributed by atoms with Crippen LogP contribution in [0.2, 0.25) is 0 Å².